The molecule has 6 heteroatoms. The fraction of sp³-hybridized carbons (Fsp3) is 0.308. The zero-order valence-corrected chi connectivity index (χ0v) is 9.91. The quantitative estimate of drug-likeness (QED) is 0.426. The number of carbonyl (C=O) groups excluding carboxylic acids is 1. The molecule has 1 aromatic rings. The Balaban J connectivity index is 2.83. The molecule has 0 aromatic heterocycles. The molecule has 0 bridgehead atoms. The van der Waals surface area contributed by atoms with Gasteiger partial charge in [-0.15, -0.1) is 6.58 Å². The van der Waals surface area contributed by atoms with E-state index in [1.165, 1.54) is 12.1 Å². The summed E-state index contributed by atoms with van der Waals surface area (Å²) in [6.07, 6.45) is -6.37. The number of hydrogen-bond acceptors (Lipinski definition) is 2. The van der Waals surface area contributed by atoms with Crippen molar-refractivity contribution in [3.63, 3.8) is 0 Å². The maximum absolute atomic E-state index is 12.7. The van der Waals surface area contributed by atoms with Gasteiger partial charge in [0.25, 0.3) is 0 Å². The molecule has 0 aliphatic heterocycles. The minimum Gasteiger partial charge on any atom is -0.428 e. The van der Waals surface area contributed by atoms with Crippen LogP contribution in [0.3, 0.4) is 0 Å². The lowest BCUT2D eigenvalue weighted by molar-refractivity contribution is -0.253. The van der Waals surface area contributed by atoms with Crippen LogP contribution in [0.25, 0.3) is 0 Å². The van der Waals surface area contributed by atoms with Crippen LogP contribution in [-0.4, -0.2) is 18.3 Å². The van der Waals surface area contributed by atoms with E-state index in [1.54, 1.807) is 6.08 Å². The van der Waals surface area contributed by atoms with E-state index < -0.39 is 18.3 Å². The largest absolute Gasteiger partial charge is 0.461 e. The van der Waals surface area contributed by atoms with E-state index in [9.17, 15) is 22.4 Å². The summed E-state index contributed by atoms with van der Waals surface area (Å²) in [5.41, 5.74) is 0.129. The Morgan fingerprint density at radius 3 is 2.68 bits per heavy atom. The van der Waals surface area contributed by atoms with Gasteiger partial charge in [0.2, 0.25) is 0 Å². The van der Waals surface area contributed by atoms with Crippen LogP contribution in [-0.2, 0) is 0 Å². The first-order chi connectivity index (χ1) is 8.86. The third kappa shape index (κ3) is 4.39. The van der Waals surface area contributed by atoms with Crippen molar-refractivity contribution in [1.29, 1.82) is 0 Å². The molecule has 0 saturated heterocycles. The van der Waals surface area contributed by atoms with Gasteiger partial charge in [-0.25, -0.2) is 0 Å². The van der Waals surface area contributed by atoms with Gasteiger partial charge in [-0.2, -0.15) is 17.6 Å². The number of benzene rings is 1. The summed E-state index contributed by atoms with van der Waals surface area (Å²) in [5, 5.41) is 0. The van der Waals surface area contributed by atoms with E-state index in [0.717, 1.165) is 12.1 Å². The summed E-state index contributed by atoms with van der Waals surface area (Å²) < 4.78 is 53.2. The minimum atomic E-state index is -4.58. The van der Waals surface area contributed by atoms with Gasteiger partial charge in [-0.3, -0.25) is 4.79 Å². The molecule has 0 aliphatic rings. The van der Waals surface area contributed by atoms with Crippen LogP contribution < -0.4 is 4.74 Å². The molecule has 0 spiro atoms. The molecule has 0 heterocycles. The number of halogens is 4. The Kier molecular flexibility index (Phi) is 5.09. The molecule has 2 nitrogen and oxygen atoms in total. The molecule has 0 N–H and O–H groups in total. The maximum Gasteiger partial charge on any atom is 0.461 e. The van der Waals surface area contributed by atoms with Crippen LogP contribution in [0.1, 0.15) is 23.2 Å². The molecule has 0 amide bonds. The number of alkyl halides is 4. The summed E-state index contributed by atoms with van der Waals surface area (Å²) in [7, 11) is 0. The summed E-state index contributed by atoms with van der Waals surface area (Å²) in [6, 6.07) is 4.79. The average molecular weight is 276 g/mol. The summed E-state index contributed by atoms with van der Waals surface area (Å²) >= 11 is 0. The van der Waals surface area contributed by atoms with Gasteiger partial charge in [0.05, 0.1) is 0 Å². The normalized spacial score (nSPS) is 11.4. The molecule has 0 atom stereocenters. The Morgan fingerprint density at radius 1 is 1.42 bits per heavy atom. The first-order valence-electron chi connectivity index (χ1n) is 5.46. The number of ether oxygens (including phenoxy) is 1. The van der Waals surface area contributed by atoms with Crippen LogP contribution in [0.4, 0.5) is 17.6 Å². The number of ketones is 1. The molecule has 1 aromatic carbocycles. The number of carbonyl (C=O) groups is 1. The first-order valence-corrected chi connectivity index (χ1v) is 5.46. The Morgan fingerprint density at radius 2 is 2.11 bits per heavy atom. The zero-order valence-electron chi connectivity index (χ0n) is 9.91. The van der Waals surface area contributed by atoms with E-state index in [-0.39, 0.29) is 17.8 Å². The van der Waals surface area contributed by atoms with E-state index in [4.69, 9.17) is 0 Å². The van der Waals surface area contributed by atoms with Crippen molar-refractivity contribution in [1.82, 2.24) is 0 Å². The van der Waals surface area contributed by atoms with Crippen molar-refractivity contribution in [2.45, 2.75) is 25.4 Å². The van der Waals surface area contributed by atoms with Gasteiger partial charge < -0.3 is 4.74 Å². The van der Waals surface area contributed by atoms with E-state index in [1.807, 2.05) is 0 Å². The predicted octanol–water partition coefficient (Wildman–Crippen LogP) is 4.07. The van der Waals surface area contributed by atoms with Crippen LogP contribution in [0.5, 0.6) is 5.75 Å². The second-order valence-electron chi connectivity index (χ2n) is 3.74. The molecular formula is C13H12F4O2. The van der Waals surface area contributed by atoms with E-state index in [0.29, 0.717) is 6.42 Å². The number of rotatable bonds is 7. The molecule has 0 fully saturated rings. The monoisotopic (exact) mass is 276 g/mol. The van der Waals surface area contributed by atoms with E-state index in [2.05, 4.69) is 11.3 Å². The van der Waals surface area contributed by atoms with Crippen molar-refractivity contribution in [3.8, 4) is 5.75 Å². The molecule has 0 unspecified atom stereocenters. The Labute approximate surface area is 107 Å². The highest BCUT2D eigenvalue weighted by molar-refractivity contribution is 5.96. The van der Waals surface area contributed by atoms with Gasteiger partial charge >= 0.3 is 12.5 Å². The fourth-order valence-electron chi connectivity index (χ4n) is 1.31. The first kappa shape index (κ1) is 15.2. The standard InChI is InChI=1S/C13H12F4O2/c1-2-3-7-11(18)9-5-4-6-10(8-9)19-13(16,17)12(14)15/h2,4-6,8,12H,1,3,7H2. The SMILES string of the molecule is C=CCCC(=O)c1cccc(OC(F)(F)C(F)F)c1. The molecular weight excluding hydrogens is 264 g/mol. The topological polar surface area (TPSA) is 26.3 Å². The summed E-state index contributed by atoms with van der Waals surface area (Å²) in [5.74, 6) is -0.777. The molecule has 0 radical (unpaired) electrons. The van der Waals surface area contributed by atoms with Crippen LogP contribution in [0.2, 0.25) is 0 Å². The molecule has 19 heavy (non-hydrogen) atoms. The summed E-state index contributed by atoms with van der Waals surface area (Å²) in [6.45, 7) is 3.45. The predicted molar refractivity (Wildman–Crippen MR) is 61.8 cm³/mol. The second-order valence-corrected chi connectivity index (χ2v) is 3.74. The van der Waals surface area contributed by atoms with Crippen LogP contribution in [0, 0.1) is 0 Å². The number of allylic oxidation sites excluding steroid dienone is 1. The second kappa shape index (κ2) is 6.36. The molecule has 1 rings (SSSR count). The lowest BCUT2D eigenvalue weighted by Gasteiger charge is -2.17. The van der Waals surface area contributed by atoms with Crippen molar-refractivity contribution in [2.75, 3.05) is 0 Å². The summed E-state index contributed by atoms with van der Waals surface area (Å²) in [4.78, 5) is 11.6. The molecule has 0 saturated carbocycles. The average Bonchev–Trinajstić information content (AvgIpc) is 2.35. The maximum atomic E-state index is 12.7. The highest BCUT2D eigenvalue weighted by Gasteiger charge is 2.44. The number of Topliss-reactive ketones (excluding diaryl/α,β-unsaturated/α-hetero) is 1. The lowest BCUT2D eigenvalue weighted by atomic mass is 10.1. The molecule has 104 valence electrons. The molecule has 0 aliphatic carbocycles. The van der Waals surface area contributed by atoms with E-state index >= 15 is 0 Å². The zero-order chi connectivity index (χ0) is 14.5. The van der Waals surface area contributed by atoms with Crippen molar-refractivity contribution in [2.24, 2.45) is 0 Å². The number of hydrogen-bond donors (Lipinski definition) is 0. The Hall–Kier alpha value is -1.85. The highest BCUT2D eigenvalue weighted by Crippen LogP contribution is 2.28. The van der Waals surface area contributed by atoms with Gasteiger partial charge in [-0.1, -0.05) is 18.2 Å². The van der Waals surface area contributed by atoms with Gasteiger partial charge in [0.15, 0.2) is 5.78 Å². The van der Waals surface area contributed by atoms with Crippen LogP contribution in [0.15, 0.2) is 36.9 Å². The van der Waals surface area contributed by atoms with Gasteiger partial charge in [-0.05, 0) is 18.6 Å². The van der Waals surface area contributed by atoms with Crippen molar-refractivity contribution >= 4 is 5.78 Å². The highest BCUT2D eigenvalue weighted by atomic mass is 19.3. The fourth-order valence-corrected chi connectivity index (χ4v) is 1.31. The van der Waals surface area contributed by atoms with Gasteiger partial charge in [0, 0.05) is 12.0 Å². The third-order valence-electron chi connectivity index (χ3n) is 2.24. The minimum absolute atomic E-state index is 0.129. The van der Waals surface area contributed by atoms with Crippen LogP contribution >= 0.6 is 0 Å². The van der Waals surface area contributed by atoms with Crippen molar-refractivity contribution in [3.05, 3.63) is 42.5 Å². The van der Waals surface area contributed by atoms with Gasteiger partial charge in [0.1, 0.15) is 5.75 Å². The lowest BCUT2D eigenvalue weighted by Crippen LogP contribution is -2.33. The third-order valence-corrected chi connectivity index (χ3v) is 2.24. The Bertz CT molecular complexity index is 458. The van der Waals surface area contributed by atoms with Crippen molar-refractivity contribution < 1.29 is 27.1 Å². The smallest absolute Gasteiger partial charge is 0.428 e.